The Balaban J connectivity index is 1.88. The van der Waals surface area contributed by atoms with Gasteiger partial charge in [-0.3, -0.25) is 4.79 Å². The molecule has 1 heterocycles. The van der Waals surface area contributed by atoms with Crippen LogP contribution in [0.3, 0.4) is 0 Å². The number of piperidine rings is 1. The van der Waals surface area contributed by atoms with Crippen LogP contribution in [0.25, 0.3) is 0 Å². The van der Waals surface area contributed by atoms with Gasteiger partial charge in [0, 0.05) is 25.2 Å². The third kappa shape index (κ3) is 5.16. The molecule has 6 nitrogen and oxygen atoms in total. The third-order valence-electron chi connectivity index (χ3n) is 5.34. The van der Waals surface area contributed by atoms with Gasteiger partial charge in [-0.25, -0.2) is 13.1 Å². The van der Waals surface area contributed by atoms with Crippen LogP contribution in [0.1, 0.15) is 52.9 Å². The van der Waals surface area contributed by atoms with Gasteiger partial charge >= 0.3 is 0 Å². The Morgan fingerprint density at radius 3 is 2.39 bits per heavy atom. The molecule has 23 heavy (non-hydrogen) atoms. The Hall–Kier alpha value is -0.660. The molecule has 0 aromatic heterocycles. The van der Waals surface area contributed by atoms with Crippen molar-refractivity contribution in [1.29, 1.82) is 0 Å². The maximum Gasteiger partial charge on any atom is 0.239 e. The summed E-state index contributed by atoms with van der Waals surface area (Å²) in [5.74, 6) is -0.108. The first-order chi connectivity index (χ1) is 10.6. The van der Waals surface area contributed by atoms with Crippen LogP contribution >= 0.6 is 0 Å². The van der Waals surface area contributed by atoms with Crippen molar-refractivity contribution in [2.24, 2.45) is 17.1 Å². The van der Waals surface area contributed by atoms with E-state index in [9.17, 15) is 13.2 Å². The molecule has 1 amide bonds. The summed E-state index contributed by atoms with van der Waals surface area (Å²) in [6.45, 7) is 7.29. The molecule has 1 aliphatic heterocycles. The molecule has 0 aromatic rings. The first-order valence-corrected chi connectivity index (χ1v) is 10.3. The number of likely N-dealkylation sites (tertiary alicyclic amines) is 1. The highest BCUT2D eigenvalue weighted by molar-refractivity contribution is 7.90. The summed E-state index contributed by atoms with van der Waals surface area (Å²) in [4.78, 5) is 14.0. The van der Waals surface area contributed by atoms with E-state index in [0.717, 1.165) is 25.7 Å². The standard InChI is InChI=1S/C16H31N3O3S/c1-12-4-6-13(7-5-12)18-23(21,22)10-15(20)19-9-8-14(17)16(2,3)11-19/h12-14,18H,4-11,17H2,1-3H3. The number of sulfonamides is 1. The maximum atomic E-state index is 12.4. The quantitative estimate of drug-likeness (QED) is 0.797. The minimum atomic E-state index is -3.57. The van der Waals surface area contributed by atoms with Gasteiger partial charge in [0.2, 0.25) is 15.9 Å². The van der Waals surface area contributed by atoms with E-state index < -0.39 is 15.8 Å². The van der Waals surface area contributed by atoms with Gasteiger partial charge in [-0.1, -0.05) is 20.8 Å². The second-order valence-corrected chi connectivity index (χ2v) is 9.79. The number of carbonyl (C=O) groups excluding carboxylic acids is 1. The zero-order valence-electron chi connectivity index (χ0n) is 14.5. The predicted octanol–water partition coefficient (Wildman–Crippen LogP) is 1.07. The molecule has 1 saturated heterocycles. The van der Waals surface area contributed by atoms with Crippen LogP contribution in [0.5, 0.6) is 0 Å². The van der Waals surface area contributed by atoms with Gasteiger partial charge in [0.15, 0.2) is 0 Å². The second-order valence-electron chi connectivity index (χ2n) is 8.03. The van der Waals surface area contributed by atoms with Crippen molar-refractivity contribution in [1.82, 2.24) is 9.62 Å². The summed E-state index contributed by atoms with van der Waals surface area (Å²) in [6.07, 6.45) is 4.52. The smallest absolute Gasteiger partial charge is 0.239 e. The normalized spacial score (nSPS) is 31.8. The largest absolute Gasteiger partial charge is 0.341 e. The highest BCUT2D eigenvalue weighted by Crippen LogP contribution is 2.28. The summed E-state index contributed by atoms with van der Waals surface area (Å²) >= 11 is 0. The number of hydrogen-bond donors (Lipinski definition) is 2. The van der Waals surface area contributed by atoms with Crippen LogP contribution in [0, 0.1) is 11.3 Å². The number of amides is 1. The topological polar surface area (TPSA) is 92.5 Å². The summed E-state index contributed by atoms with van der Waals surface area (Å²) in [5, 5.41) is 0. The van der Waals surface area contributed by atoms with Crippen LogP contribution in [0.2, 0.25) is 0 Å². The molecule has 1 saturated carbocycles. The van der Waals surface area contributed by atoms with Crippen molar-refractivity contribution in [3.8, 4) is 0 Å². The highest BCUT2D eigenvalue weighted by atomic mass is 32.2. The number of nitrogens with zero attached hydrogens (tertiary/aromatic N) is 1. The van der Waals surface area contributed by atoms with E-state index in [2.05, 4.69) is 11.6 Å². The molecule has 2 aliphatic rings. The molecular weight excluding hydrogens is 314 g/mol. The molecule has 2 rings (SSSR count). The van der Waals surface area contributed by atoms with Gasteiger partial charge in [0.25, 0.3) is 0 Å². The van der Waals surface area contributed by atoms with Crippen molar-refractivity contribution >= 4 is 15.9 Å². The molecule has 134 valence electrons. The van der Waals surface area contributed by atoms with E-state index >= 15 is 0 Å². The molecular formula is C16H31N3O3S. The number of hydrogen-bond acceptors (Lipinski definition) is 4. The van der Waals surface area contributed by atoms with Gasteiger partial charge < -0.3 is 10.6 Å². The molecule has 0 bridgehead atoms. The molecule has 2 fully saturated rings. The minimum absolute atomic E-state index is 0.0183. The van der Waals surface area contributed by atoms with E-state index in [1.807, 2.05) is 13.8 Å². The van der Waals surface area contributed by atoms with Gasteiger partial charge in [-0.2, -0.15) is 0 Å². The summed E-state index contributed by atoms with van der Waals surface area (Å²) in [6, 6.07) is 0.0285. The third-order valence-corrected chi connectivity index (χ3v) is 6.66. The highest BCUT2D eigenvalue weighted by Gasteiger charge is 2.36. The second kappa shape index (κ2) is 7.07. The van der Waals surface area contributed by atoms with E-state index in [-0.39, 0.29) is 23.4 Å². The first kappa shape index (κ1) is 18.7. The van der Waals surface area contributed by atoms with E-state index in [1.165, 1.54) is 0 Å². The number of rotatable bonds is 4. The van der Waals surface area contributed by atoms with E-state index in [4.69, 9.17) is 5.73 Å². The van der Waals surface area contributed by atoms with Crippen molar-refractivity contribution in [3.05, 3.63) is 0 Å². The Morgan fingerprint density at radius 1 is 1.22 bits per heavy atom. The molecule has 1 atom stereocenters. The summed E-state index contributed by atoms with van der Waals surface area (Å²) in [5.41, 5.74) is 5.89. The molecule has 0 radical (unpaired) electrons. The Kier molecular flexibility index (Phi) is 5.74. The lowest BCUT2D eigenvalue weighted by molar-refractivity contribution is -0.131. The number of nitrogens with one attached hydrogen (secondary N) is 1. The van der Waals surface area contributed by atoms with Gasteiger partial charge in [0.05, 0.1) is 0 Å². The van der Waals surface area contributed by atoms with Crippen LogP contribution < -0.4 is 10.5 Å². The van der Waals surface area contributed by atoms with E-state index in [0.29, 0.717) is 25.4 Å². The molecule has 0 aromatic carbocycles. The van der Waals surface area contributed by atoms with Crippen LogP contribution in [-0.4, -0.2) is 50.2 Å². The lowest BCUT2D eigenvalue weighted by Crippen LogP contribution is -2.55. The predicted molar refractivity (Wildman–Crippen MR) is 91.3 cm³/mol. The van der Waals surface area contributed by atoms with Crippen LogP contribution in [-0.2, 0) is 14.8 Å². The zero-order chi connectivity index (χ0) is 17.3. The molecule has 1 aliphatic carbocycles. The van der Waals surface area contributed by atoms with Crippen molar-refractivity contribution in [2.75, 3.05) is 18.8 Å². The average molecular weight is 346 g/mol. The van der Waals surface area contributed by atoms with Crippen LogP contribution in [0.4, 0.5) is 0 Å². The monoisotopic (exact) mass is 345 g/mol. The lowest BCUT2D eigenvalue weighted by Gasteiger charge is -2.42. The fourth-order valence-corrected chi connectivity index (χ4v) is 4.85. The van der Waals surface area contributed by atoms with Gasteiger partial charge in [-0.15, -0.1) is 0 Å². The molecule has 1 unspecified atom stereocenters. The van der Waals surface area contributed by atoms with Crippen molar-refractivity contribution in [3.63, 3.8) is 0 Å². The van der Waals surface area contributed by atoms with Crippen LogP contribution in [0.15, 0.2) is 0 Å². The maximum absolute atomic E-state index is 12.4. The summed E-state index contributed by atoms with van der Waals surface area (Å²) in [7, 11) is -3.57. The average Bonchev–Trinajstić information content (AvgIpc) is 2.43. The Labute approximate surface area is 140 Å². The lowest BCUT2D eigenvalue weighted by atomic mass is 9.80. The SMILES string of the molecule is CC1CCC(NS(=O)(=O)CC(=O)N2CCC(N)C(C)(C)C2)CC1. The molecule has 3 N–H and O–H groups in total. The molecule has 0 spiro atoms. The fourth-order valence-electron chi connectivity index (χ4n) is 3.51. The zero-order valence-corrected chi connectivity index (χ0v) is 15.4. The minimum Gasteiger partial charge on any atom is -0.341 e. The van der Waals surface area contributed by atoms with Crippen molar-refractivity contribution in [2.45, 2.75) is 65.0 Å². The summed E-state index contributed by atoms with van der Waals surface area (Å²) < 4.78 is 27.3. The van der Waals surface area contributed by atoms with Gasteiger partial charge in [-0.05, 0) is 43.4 Å². The van der Waals surface area contributed by atoms with Crippen molar-refractivity contribution < 1.29 is 13.2 Å². The first-order valence-electron chi connectivity index (χ1n) is 8.62. The Bertz CT molecular complexity index is 525. The van der Waals surface area contributed by atoms with Gasteiger partial charge in [0.1, 0.15) is 5.75 Å². The Morgan fingerprint density at radius 2 is 1.83 bits per heavy atom. The number of carbonyl (C=O) groups is 1. The molecule has 7 heteroatoms. The fraction of sp³-hybridized carbons (Fsp3) is 0.938. The van der Waals surface area contributed by atoms with E-state index in [1.54, 1.807) is 4.90 Å². The number of nitrogens with two attached hydrogens (primary N) is 1.